The molecule has 0 aromatic carbocycles. The smallest absolute Gasteiger partial charge is 0.206 e. The van der Waals surface area contributed by atoms with Crippen molar-refractivity contribution in [3.05, 3.63) is 30.1 Å². The van der Waals surface area contributed by atoms with Gasteiger partial charge in [0.05, 0.1) is 19.2 Å². The number of nitrogens with zero attached hydrogens (tertiary/aromatic N) is 2. The van der Waals surface area contributed by atoms with Crippen molar-refractivity contribution in [2.75, 3.05) is 20.3 Å². The van der Waals surface area contributed by atoms with Gasteiger partial charge >= 0.3 is 0 Å². The quantitative estimate of drug-likeness (QED) is 0.224. The van der Waals surface area contributed by atoms with Crippen LogP contribution >= 0.6 is 0 Å². The molecule has 0 amide bonds. The highest BCUT2D eigenvalue weighted by Crippen LogP contribution is 2.09. The number of hydrazine groups is 1. The second-order valence-electron chi connectivity index (χ2n) is 3.51. The molecule has 0 aliphatic carbocycles. The van der Waals surface area contributed by atoms with Gasteiger partial charge in [0.1, 0.15) is 0 Å². The fraction of sp³-hybridized carbons (Fsp3) is 0.455. The van der Waals surface area contributed by atoms with Gasteiger partial charge in [0.25, 0.3) is 0 Å². The van der Waals surface area contributed by atoms with Crippen molar-refractivity contribution in [3.63, 3.8) is 0 Å². The van der Waals surface area contributed by atoms with Crippen LogP contribution in [0, 0.1) is 0 Å². The van der Waals surface area contributed by atoms with E-state index in [0.29, 0.717) is 19.1 Å². The van der Waals surface area contributed by atoms with Crippen molar-refractivity contribution >= 4 is 5.96 Å². The van der Waals surface area contributed by atoms with Gasteiger partial charge in [0, 0.05) is 19.5 Å². The van der Waals surface area contributed by atoms with Crippen LogP contribution in [-0.2, 0) is 4.74 Å². The highest BCUT2D eigenvalue weighted by Gasteiger charge is 2.06. The minimum absolute atomic E-state index is 0.107. The summed E-state index contributed by atoms with van der Waals surface area (Å²) in [6, 6.07) is 4.00. The lowest BCUT2D eigenvalue weighted by atomic mass is 10.1. The fourth-order valence-corrected chi connectivity index (χ4v) is 1.32. The molecule has 0 aliphatic heterocycles. The normalized spacial score (nSPS) is 13.2. The van der Waals surface area contributed by atoms with Gasteiger partial charge in [-0.25, -0.2) is 10.8 Å². The number of hydrogen-bond donors (Lipinski definition) is 3. The van der Waals surface area contributed by atoms with E-state index in [1.807, 2.05) is 19.1 Å². The van der Waals surface area contributed by atoms with Gasteiger partial charge in [0.2, 0.25) is 5.96 Å². The number of rotatable bonds is 5. The maximum atomic E-state index is 5.38. The van der Waals surface area contributed by atoms with E-state index >= 15 is 0 Å². The topological polar surface area (TPSA) is 84.6 Å². The van der Waals surface area contributed by atoms with Crippen molar-refractivity contribution in [1.82, 2.24) is 15.7 Å². The summed E-state index contributed by atoms with van der Waals surface area (Å²) in [6.07, 6.45) is 3.51. The summed E-state index contributed by atoms with van der Waals surface area (Å²) in [5.74, 6) is 5.93. The zero-order valence-electron chi connectivity index (χ0n) is 10.2. The monoisotopic (exact) mass is 237 g/mol. The summed E-state index contributed by atoms with van der Waals surface area (Å²) in [5.41, 5.74) is 3.65. The van der Waals surface area contributed by atoms with Crippen LogP contribution in [0.5, 0.6) is 0 Å². The Morgan fingerprint density at radius 1 is 1.53 bits per heavy atom. The van der Waals surface area contributed by atoms with Crippen LogP contribution in [0.25, 0.3) is 0 Å². The lowest BCUT2D eigenvalue weighted by molar-refractivity contribution is 0.208. The van der Waals surface area contributed by atoms with E-state index in [2.05, 4.69) is 20.7 Å². The number of aliphatic imine (C=N–C) groups is 1. The van der Waals surface area contributed by atoms with Crippen molar-refractivity contribution in [2.24, 2.45) is 10.8 Å². The third-order valence-electron chi connectivity index (χ3n) is 2.26. The van der Waals surface area contributed by atoms with Crippen molar-refractivity contribution in [1.29, 1.82) is 0 Å². The van der Waals surface area contributed by atoms with Crippen molar-refractivity contribution in [3.8, 4) is 0 Å². The summed E-state index contributed by atoms with van der Waals surface area (Å²) in [4.78, 5) is 8.20. The number of ether oxygens (including phenoxy) is 1. The van der Waals surface area contributed by atoms with E-state index in [0.717, 1.165) is 5.56 Å². The van der Waals surface area contributed by atoms with Gasteiger partial charge in [-0.2, -0.15) is 0 Å². The average molecular weight is 237 g/mol. The van der Waals surface area contributed by atoms with Gasteiger partial charge in [-0.3, -0.25) is 10.4 Å². The van der Waals surface area contributed by atoms with E-state index in [1.165, 1.54) is 0 Å². The SMILES string of the molecule is COCCN=C(NN)NC(C)c1ccncc1. The summed E-state index contributed by atoms with van der Waals surface area (Å²) < 4.78 is 4.91. The number of hydrogen-bond acceptors (Lipinski definition) is 4. The maximum absolute atomic E-state index is 5.38. The summed E-state index contributed by atoms with van der Waals surface area (Å²) in [7, 11) is 1.64. The van der Waals surface area contributed by atoms with Crippen LogP contribution in [-0.4, -0.2) is 31.2 Å². The average Bonchev–Trinajstić information content (AvgIpc) is 2.38. The maximum Gasteiger partial charge on any atom is 0.206 e. The van der Waals surface area contributed by atoms with Crippen LogP contribution in [0.3, 0.4) is 0 Å². The summed E-state index contributed by atoms with van der Waals surface area (Å²) in [6.45, 7) is 3.15. The second-order valence-corrected chi connectivity index (χ2v) is 3.51. The molecular weight excluding hydrogens is 218 g/mol. The molecule has 1 aromatic rings. The fourth-order valence-electron chi connectivity index (χ4n) is 1.32. The number of nitrogens with two attached hydrogens (primary N) is 1. The molecule has 0 spiro atoms. The molecule has 1 atom stereocenters. The number of aromatic nitrogens is 1. The van der Waals surface area contributed by atoms with Gasteiger partial charge in [0.15, 0.2) is 0 Å². The molecule has 0 fully saturated rings. The van der Waals surface area contributed by atoms with Crippen LogP contribution in [0.4, 0.5) is 0 Å². The zero-order chi connectivity index (χ0) is 12.5. The lowest BCUT2D eigenvalue weighted by Crippen LogP contribution is -2.42. The van der Waals surface area contributed by atoms with E-state index in [-0.39, 0.29) is 6.04 Å². The summed E-state index contributed by atoms with van der Waals surface area (Å²) >= 11 is 0. The highest BCUT2D eigenvalue weighted by atomic mass is 16.5. The predicted molar refractivity (Wildman–Crippen MR) is 67.3 cm³/mol. The zero-order valence-corrected chi connectivity index (χ0v) is 10.2. The Morgan fingerprint density at radius 2 is 2.24 bits per heavy atom. The predicted octanol–water partition coefficient (Wildman–Crippen LogP) is 0.198. The molecule has 4 N–H and O–H groups in total. The molecule has 1 heterocycles. The molecule has 0 radical (unpaired) electrons. The van der Waals surface area contributed by atoms with Crippen LogP contribution in [0.15, 0.2) is 29.5 Å². The first kappa shape index (κ1) is 13.4. The van der Waals surface area contributed by atoms with Crippen LogP contribution < -0.4 is 16.6 Å². The Bertz CT molecular complexity index is 341. The highest BCUT2D eigenvalue weighted by molar-refractivity contribution is 5.79. The minimum atomic E-state index is 0.107. The Balaban J connectivity index is 2.53. The van der Waals surface area contributed by atoms with Crippen molar-refractivity contribution < 1.29 is 4.74 Å². The summed E-state index contributed by atoms with van der Waals surface area (Å²) in [5, 5.41) is 3.17. The van der Waals surface area contributed by atoms with E-state index < -0.39 is 0 Å². The first-order valence-electron chi connectivity index (χ1n) is 5.44. The third-order valence-corrected chi connectivity index (χ3v) is 2.26. The number of guanidine groups is 1. The Kier molecular flexibility index (Phi) is 5.98. The lowest BCUT2D eigenvalue weighted by Gasteiger charge is -2.16. The van der Waals surface area contributed by atoms with E-state index in [1.54, 1.807) is 19.5 Å². The number of pyridine rings is 1. The van der Waals surface area contributed by atoms with E-state index in [9.17, 15) is 0 Å². The van der Waals surface area contributed by atoms with Gasteiger partial charge in [-0.05, 0) is 24.6 Å². The molecule has 0 bridgehead atoms. The largest absolute Gasteiger partial charge is 0.383 e. The molecule has 0 aliphatic rings. The Morgan fingerprint density at radius 3 is 2.82 bits per heavy atom. The first-order chi connectivity index (χ1) is 8.27. The molecule has 6 heteroatoms. The number of nitrogens with one attached hydrogen (secondary N) is 2. The van der Waals surface area contributed by atoms with Gasteiger partial charge in [-0.1, -0.05) is 0 Å². The molecule has 0 saturated heterocycles. The standard InChI is InChI=1S/C11H19N5O/c1-9(10-3-5-13-6-4-10)15-11(16-12)14-7-8-17-2/h3-6,9H,7-8,12H2,1-2H3,(H2,14,15,16). The Labute approximate surface area is 101 Å². The second kappa shape index (κ2) is 7.59. The first-order valence-corrected chi connectivity index (χ1v) is 5.44. The molecular formula is C11H19N5O. The molecule has 0 saturated carbocycles. The van der Waals surface area contributed by atoms with Crippen LogP contribution in [0.1, 0.15) is 18.5 Å². The minimum Gasteiger partial charge on any atom is -0.383 e. The van der Waals surface area contributed by atoms with Gasteiger partial charge in [-0.15, -0.1) is 0 Å². The number of methoxy groups -OCH3 is 1. The molecule has 17 heavy (non-hydrogen) atoms. The third kappa shape index (κ3) is 4.80. The van der Waals surface area contributed by atoms with Crippen LogP contribution in [0.2, 0.25) is 0 Å². The molecule has 1 unspecified atom stereocenters. The van der Waals surface area contributed by atoms with Gasteiger partial charge < -0.3 is 10.1 Å². The Hall–Kier alpha value is -1.66. The molecule has 94 valence electrons. The molecule has 1 aromatic heterocycles. The molecule has 6 nitrogen and oxygen atoms in total. The van der Waals surface area contributed by atoms with E-state index in [4.69, 9.17) is 10.6 Å². The molecule has 1 rings (SSSR count). The van der Waals surface area contributed by atoms with Crippen molar-refractivity contribution in [2.45, 2.75) is 13.0 Å².